The smallest absolute Gasteiger partial charge is 0.391 e. The highest BCUT2D eigenvalue weighted by Crippen LogP contribution is 2.44. The Morgan fingerprint density at radius 1 is 1.48 bits per heavy atom. The predicted octanol–water partition coefficient (Wildman–Crippen LogP) is 2.30. The van der Waals surface area contributed by atoms with Crippen LogP contribution in [0.2, 0.25) is 0 Å². The third-order valence-electron chi connectivity index (χ3n) is 4.29. The van der Waals surface area contributed by atoms with Crippen molar-refractivity contribution in [3.05, 3.63) is 11.9 Å². The third-order valence-corrected chi connectivity index (χ3v) is 4.29. The minimum Gasteiger partial charge on any atom is -0.493 e. The van der Waals surface area contributed by atoms with Gasteiger partial charge in [0, 0.05) is 7.05 Å². The van der Waals surface area contributed by atoms with Crippen LogP contribution < -0.4 is 16.0 Å². The van der Waals surface area contributed by atoms with Crippen molar-refractivity contribution in [2.24, 2.45) is 24.7 Å². The van der Waals surface area contributed by atoms with Crippen LogP contribution in [0.4, 0.5) is 13.2 Å². The Labute approximate surface area is 121 Å². The molecule has 0 radical (unpaired) electrons. The van der Waals surface area contributed by atoms with Gasteiger partial charge in [-0.1, -0.05) is 6.42 Å². The molecule has 0 saturated heterocycles. The second kappa shape index (κ2) is 6.23. The van der Waals surface area contributed by atoms with E-state index in [1.807, 2.05) is 0 Å². The molecule has 1 heterocycles. The first-order valence-corrected chi connectivity index (χ1v) is 6.97. The molecular weight excluding hydrogens is 285 g/mol. The Morgan fingerprint density at radius 2 is 2.19 bits per heavy atom. The Balaban J connectivity index is 2.23. The molecule has 0 aromatic carbocycles. The molecule has 21 heavy (non-hydrogen) atoms. The number of methoxy groups -OCH3 is 1. The van der Waals surface area contributed by atoms with Gasteiger partial charge in [-0.25, -0.2) is 0 Å². The van der Waals surface area contributed by atoms with Crippen molar-refractivity contribution in [2.45, 2.75) is 37.9 Å². The van der Waals surface area contributed by atoms with Crippen molar-refractivity contribution in [3.8, 4) is 5.75 Å². The minimum atomic E-state index is -4.14. The van der Waals surface area contributed by atoms with Gasteiger partial charge in [0.05, 0.1) is 31.0 Å². The molecule has 1 aromatic rings. The molecule has 3 unspecified atom stereocenters. The van der Waals surface area contributed by atoms with Crippen LogP contribution >= 0.6 is 0 Å². The summed E-state index contributed by atoms with van der Waals surface area (Å²) in [5.41, 5.74) is 3.34. The molecule has 0 bridgehead atoms. The number of nitrogens with zero attached hydrogens (tertiary/aromatic N) is 2. The molecule has 2 rings (SSSR count). The second-order valence-electron chi connectivity index (χ2n) is 5.53. The maximum atomic E-state index is 13.0. The number of hydrogen-bond acceptors (Lipinski definition) is 4. The molecule has 1 saturated carbocycles. The van der Waals surface area contributed by atoms with E-state index in [1.165, 1.54) is 7.11 Å². The Hall–Kier alpha value is -1.28. The second-order valence-corrected chi connectivity index (χ2v) is 5.53. The zero-order valence-electron chi connectivity index (χ0n) is 12.2. The molecule has 1 aliphatic rings. The largest absolute Gasteiger partial charge is 0.493 e. The maximum Gasteiger partial charge on any atom is 0.391 e. The Bertz CT molecular complexity index is 474. The molecular formula is C13H21F3N4O. The highest BCUT2D eigenvalue weighted by molar-refractivity contribution is 5.28. The van der Waals surface area contributed by atoms with Crippen molar-refractivity contribution < 1.29 is 17.9 Å². The SMILES string of the molecule is COc1cnn(C)c1C(NN)C1CCCC(C(F)(F)F)C1. The molecule has 0 spiro atoms. The first-order valence-electron chi connectivity index (χ1n) is 6.97. The number of ether oxygens (including phenoxy) is 1. The number of aromatic nitrogens is 2. The standard InChI is InChI=1S/C13H21F3N4O/c1-20-12(10(21-2)7-18-20)11(19-17)8-4-3-5-9(6-8)13(14,15)16/h7-9,11,19H,3-6,17H2,1-2H3. The summed E-state index contributed by atoms with van der Waals surface area (Å²) < 4.78 is 45.7. The van der Waals surface area contributed by atoms with E-state index >= 15 is 0 Å². The van der Waals surface area contributed by atoms with Crippen LogP contribution in [0.3, 0.4) is 0 Å². The van der Waals surface area contributed by atoms with Crippen LogP contribution in [0.5, 0.6) is 5.75 Å². The molecule has 0 amide bonds. The lowest BCUT2D eigenvalue weighted by Gasteiger charge is -2.35. The van der Waals surface area contributed by atoms with Crippen molar-refractivity contribution >= 4 is 0 Å². The summed E-state index contributed by atoms with van der Waals surface area (Å²) in [4.78, 5) is 0. The van der Waals surface area contributed by atoms with Gasteiger partial charge in [-0.05, 0) is 25.2 Å². The Morgan fingerprint density at radius 3 is 2.76 bits per heavy atom. The monoisotopic (exact) mass is 306 g/mol. The van der Waals surface area contributed by atoms with Crippen LogP contribution in [0.15, 0.2) is 6.20 Å². The minimum absolute atomic E-state index is 0.0761. The molecule has 1 aromatic heterocycles. The van der Waals surface area contributed by atoms with E-state index in [9.17, 15) is 13.2 Å². The van der Waals surface area contributed by atoms with E-state index in [1.54, 1.807) is 17.9 Å². The van der Waals surface area contributed by atoms with Gasteiger partial charge >= 0.3 is 6.18 Å². The normalized spacial score (nSPS) is 24.9. The fourth-order valence-corrected chi connectivity index (χ4v) is 3.20. The molecule has 1 fully saturated rings. The van der Waals surface area contributed by atoms with Crippen LogP contribution in [-0.2, 0) is 7.05 Å². The van der Waals surface area contributed by atoms with E-state index in [0.29, 0.717) is 24.3 Å². The number of alkyl halides is 3. The topological polar surface area (TPSA) is 65.1 Å². The number of halogens is 3. The summed E-state index contributed by atoms with van der Waals surface area (Å²) in [5.74, 6) is 4.70. The van der Waals surface area contributed by atoms with E-state index in [4.69, 9.17) is 10.6 Å². The average molecular weight is 306 g/mol. The summed E-state index contributed by atoms with van der Waals surface area (Å²) in [6.07, 6.45) is -1.08. The zero-order chi connectivity index (χ0) is 15.6. The first-order chi connectivity index (χ1) is 9.88. The number of rotatable bonds is 4. The van der Waals surface area contributed by atoms with Gasteiger partial charge < -0.3 is 4.74 Å². The number of aryl methyl sites for hydroxylation is 1. The zero-order valence-corrected chi connectivity index (χ0v) is 12.2. The van der Waals surface area contributed by atoms with Gasteiger partial charge in [0.25, 0.3) is 0 Å². The maximum absolute atomic E-state index is 13.0. The molecule has 3 N–H and O–H groups in total. The van der Waals surface area contributed by atoms with Gasteiger partial charge in [-0.15, -0.1) is 0 Å². The predicted molar refractivity (Wildman–Crippen MR) is 71.3 cm³/mol. The van der Waals surface area contributed by atoms with Gasteiger partial charge in [0.15, 0.2) is 5.75 Å². The highest BCUT2D eigenvalue weighted by Gasteiger charge is 2.44. The highest BCUT2D eigenvalue weighted by atomic mass is 19.4. The van der Waals surface area contributed by atoms with Crippen molar-refractivity contribution in [1.82, 2.24) is 15.2 Å². The van der Waals surface area contributed by atoms with Crippen LogP contribution in [0.25, 0.3) is 0 Å². The quantitative estimate of drug-likeness (QED) is 0.662. The lowest BCUT2D eigenvalue weighted by molar-refractivity contribution is -0.186. The first kappa shape index (κ1) is 16.1. The number of nitrogens with one attached hydrogen (secondary N) is 1. The van der Waals surface area contributed by atoms with E-state index in [0.717, 1.165) is 0 Å². The number of hydrogen-bond donors (Lipinski definition) is 2. The molecule has 5 nitrogen and oxygen atoms in total. The van der Waals surface area contributed by atoms with Crippen LogP contribution in [0, 0.1) is 11.8 Å². The lowest BCUT2D eigenvalue weighted by Crippen LogP contribution is -2.39. The summed E-state index contributed by atoms with van der Waals surface area (Å²) in [6, 6.07) is -0.405. The molecule has 8 heteroatoms. The summed E-state index contributed by atoms with van der Waals surface area (Å²) in [5, 5.41) is 4.09. The van der Waals surface area contributed by atoms with Gasteiger partial charge in [0.1, 0.15) is 0 Å². The van der Waals surface area contributed by atoms with Gasteiger partial charge in [0.2, 0.25) is 0 Å². The van der Waals surface area contributed by atoms with E-state index < -0.39 is 18.1 Å². The molecule has 120 valence electrons. The van der Waals surface area contributed by atoms with Crippen molar-refractivity contribution in [3.63, 3.8) is 0 Å². The van der Waals surface area contributed by atoms with Crippen LogP contribution in [-0.4, -0.2) is 23.1 Å². The molecule has 0 aliphatic heterocycles. The average Bonchev–Trinajstić information content (AvgIpc) is 2.81. The van der Waals surface area contributed by atoms with E-state index in [-0.39, 0.29) is 18.8 Å². The summed E-state index contributed by atoms with van der Waals surface area (Å²) >= 11 is 0. The van der Waals surface area contributed by atoms with Crippen molar-refractivity contribution in [2.75, 3.05) is 7.11 Å². The van der Waals surface area contributed by atoms with E-state index in [2.05, 4.69) is 10.5 Å². The molecule has 1 aliphatic carbocycles. The fourth-order valence-electron chi connectivity index (χ4n) is 3.20. The lowest BCUT2D eigenvalue weighted by atomic mass is 9.76. The fraction of sp³-hybridized carbons (Fsp3) is 0.769. The van der Waals surface area contributed by atoms with Crippen molar-refractivity contribution in [1.29, 1.82) is 0 Å². The summed E-state index contributed by atoms with van der Waals surface area (Å²) in [6.45, 7) is 0. The van der Waals surface area contributed by atoms with Gasteiger partial charge in [-0.3, -0.25) is 16.0 Å². The molecule has 3 atom stereocenters. The van der Waals surface area contributed by atoms with Crippen LogP contribution in [0.1, 0.15) is 37.4 Å². The Kier molecular flexibility index (Phi) is 4.77. The number of nitrogens with two attached hydrogens (primary N) is 1. The summed E-state index contributed by atoms with van der Waals surface area (Å²) in [7, 11) is 3.24. The third kappa shape index (κ3) is 3.32. The number of hydrazine groups is 1. The van der Waals surface area contributed by atoms with Gasteiger partial charge in [-0.2, -0.15) is 18.3 Å².